The van der Waals surface area contributed by atoms with Crippen LogP contribution in [0, 0.1) is 5.82 Å². The van der Waals surface area contributed by atoms with E-state index in [1.807, 2.05) is 18.3 Å². The lowest BCUT2D eigenvalue weighted by atomic mass is 10.0. The van der Waals surface area contributed by atoms with Crippen LogP contribution in [0.4, 0.5) is 4.39 Å². The molecule has 0 fully saturated rings. The van der Waals surface area contributed by atoms with Gasteiger partial charge in [0.1, 0.15) is 5.82 Å². The maximum Gasteiger partial charge on any atom is 0.267 e. The Bertz CT molecular complexity index is 1040. The Balaban J connectivity index is 1.38. The van der Waals surface area contributed by atoms with Gasteiger partial charge in [-0.1, -0.05) is 18.2 Å². The smallest absolute Gasteiger partial charge is 0.267 e. The molecule has 1 aliphatic carbocycles. The van der Waals surface area contributed by atoms with Gasteiger partial charge in [0.05, 0.1) is 0 Å². The van der Waals surface area contributed by atoms with Gasteiger partial charge in [-0.15, -0.1) is 0 Å². The second-order valence-corrected chi connectivity index (χ2v) is 7.07. The fraction of sp³-hybridized carbons (Fsp3) is 0.227. The lowest BCUT2D eigenvalue weighted by Crippen LogP contribution is -2.21. The van der Waals surface area contributed by atoms with Gasteiger partial charge in [-0.3, -0.25) is 10.0 Å². The Morgan fingerprint density at radius 2 is 2.18 bits per heavy atom. The van der Waals surface area contributed by atoms with Gasteiger partial charge in [-0.25, -0.2) is 9.87 Å². The van der Waals surface area contributed by atoms with Crippen LogP contribution in [-0.2, 0) is 17.6 Å². The van der Waals surface area contributed by atoms with Crippen molar-refractivity contribution in [1.29, 1.82) is 0 Å². The van der Waals surface area contributed by atoms with Crippen molar-refractivity contribution in [3.8, 4) is 0 Å². The Morgan fingerprint density at radius 3 is 3.04 bits per heavy atom. The molecular formula is C22H22FN3O2. The highest BCUT2D eigenvalue weighted by atomic mass is 19.1. The highest BCUT2D eigenvalue weighted by Gasteiger charge is 2.21. The summed E-state index contributed by atoms with van der Waals surface area (Å²) < 4.78 is 13.3. The van der Waals surface area contributed by atoms with Crippen LogP contribution in [0.1, 0.15) is 34.7 Å². The highest BCUT2D eigenvalue weighted by Crippen LogP contribution is 2.32. The zero-order valence-electron chi connectivity index (χ0n) is 15.3. The number of hydroxylamine groups is 1. The third-order valence-electron chi connectivity index (χ3n) is 5.30. The number of amides is 1. The van der Waals surface area contributed by atoms with E-state index < -0.39 is 5.91 Å². The fourth-order valence-corrected chi connectivity index (χ4v) is 3.91. The van der Waals surface area contributed by atoms with Gasteiger partial charge in [0, 0.05) is 29.2 Å². The van der Waals surface area contributed by atoms with E-state index in [0.717, 1.165) is 42.3 Å². The number of halogens is 1. The molecule has 0 bridgehead atoms. The molecule has 1 unspecified atom stereocenters. The Morgan fingerprint density at radius 1 is 1.29 bits per heavy atom. The number of aromatic amines is 1. The largest absolute Gasteiger partial charge is 0.361 e. The van der Waals surface area contributed by atoms with E-state index in [9.17, 15) is 9.18 Å². The summed E-state index contributed by atoms with van der Waals surface area (Å²) in [5.74, 6) is -0.771. The Labute approximate surface area is 162 Å². The molecule has 1 amide bonds. The summed E-state index contributed by atoms with van der Waals surface area (Å²) in [6.07, 6.45) is 7.85. The van der Waals surface area contributed by atoms with Crippen LogP contribution >= 0.6 is 0 Å². The molecule has 3 aromatic rings. The zero-order valence-corrected chi connectivity index (χ0v) is 15.3. The molecule has 0 aliphatic heterocycles. The molecule has 0 saturated carbocycles. The van der Waals surface area contributed by atoms with Crippen LogP contribution in [-0.4, -0.2) is 22.6 Å². The lowest BCUT2D eigenvalue weighted by Gasteiger charge is -2.14. The predicted molar refractivity (Wildman–Crippen MR) is 106 cm³/mol. The number of hydrogen-bond acceptors (Lipinski definition) is 3. The molecule has 0 radical (unpaired) electrons. The monoisotopic (exact) mass is 379 g/mol. The van der Waals surface area contributed by atoms with Crippen molar-refractivity contribution < 1.29 is 14.4 Å². The molecule has 1 heterocycles. The molecule has 0 spiro atoms. The summed E-state index contributed by atoms with van der Waals surface area (Å²) >= 11 is 0. The first-order valence-electron chi connectivity index (χ1n) is 9.38. The van der Waals surface area contributed by atoms with E-state index >= 15 is 0 Å². The number of benzene rings is 2. The lowest BCUT2D eigenvalue weighted by molar-refractivity contribution is -0.124. The third-order valence-corrected chi connectivity index (χ3v) is 5.30. The summed E-state index contributed by atoms with van der Waals surface area (Å²) in [4.78, 5) is 14.2. The summed E-state index contributed by atoms with van der Waals surface area (Å²) in [6.45, 7) is 0.840. The van der Waals surface area contributed by atoms with Crippen molar-refractivity contribution in [2.24, 2.45) is 0 Å². The summed E-state index contributed by atoms with van der Waals surface area (Å²) in [6, 6.07) is 11.3. The zero-order chi connectivity index (χ0) is 19.5. The summed E-state index contributed by atoms with van der Waals surface area (Å²) in [7, 11) is 0. The van der Waals surface area contributed by atoms with Gasteiger partial charge in [0.2, 0.25) is 0 Å². The van der Waals surface area contributed by atoms with E-state index in [0.29, 0.717) is 6.04 Å². The second kappa shape index (κ2) is 7.96. The van der Waals surface area contributed by atoms with Crippen molar-refractivity contribution in [3.05, 3.63) is 76.7 Å². The molecule has 0 saturated heterocycles. The van der Waals surface area contributed by atoms with Crippen molar-refractivity contribution in [2.75, 3.05) is 6.54 Å². The number of rotatable bonds is 6. The number of carbonyl (C=O) groups excluding carboxylic acids is 1. The minimum absolute atomic E-state index is 0.229. The van der Waals surface area contributed by atoms with Crippen LogP contribution < -0.4 is 10.8 Å². The Kier molecular flexibility index (Phi) is 5.23. The number of fused-ring (bicyclic) bond motifs is 2. The van der Waals surface area contributed by atoms with Gasteiger partial charge < -0.3 is 10.3 Å². The SMILES string of the molecule is O=C(C=Cc1ccc2c(c1)CCC2NCCc1c[nH]c2cc(F)ccc12)NO. The first kappa shape index (κ1) is 18.4. The molecule has 28 heavy (non-hydrogen) atoms. The first-order valence-corrected chi connectivity index (χ1v) is 9.38. The van der Waals surface area contributed by atoms with E-state index in [2.05, 4.69) is 22.4 Å². The third kappa shape index (κ3) is 3.83. The second-order valence-electron chi connectivity index (χ2n) is 7.07. The fourth-order valence-electron chi connectivity index (χ4n) is 3.91. The molecule has 1 aliphatic rings. The normalized spacial score (nSPS) is 16.0. The number of aryl methyl sites for hydroxylation is 1. The number of aromatic nitrogens is 1. The molecular weight excluding hydrogens is 357 g/mol. The molecule has 2 aromatic carbocycles. The first-order chi connectivity index (χ1) is 13.6. The molecule has 4 rings (SSSR count). The van der Waals surface area contributed by atoms with Crippen molar-refractivity contribution in [2.45, 2.75) is 25.3 Å². The molecule has 4 N–H and O–H groups in total. The highest BCUT2D eigenvalue weighted by molar-refractivity contribution is 5.90. The molecule has 144 valence electrons. The topological polar surface area (TPSA) is 77.2 Å². The number of H-pyrrole nitrogens is 1. The van der Waals surface area contributed by atoms with Crippen LogP contribution in [0.15, 0.2) is 48.7 Å². The quantitative estimate of drug-likeness (QED) is 0.300. The van der Waals surface area contributed by atoms with Gasteiger partial charge in [-0.05, 0) is 72.3 Å². The van der Waals surface area contributed by atoms with Crippen LogP contribution in [0.25, 0.3) is 17.0 Å². The number of hydrogen-bond donors (Lipinski definition) is 4. The van der Waals surface area contributed by atoms with Gasteiger partial charge in [0.15, 0.2) is 0 Å². The van der Waals surface area contributed by atoms with Crippen LogP contribution in [0.3, 0.4) is 0 Å². The van der Waals surface area contributed by atoms with E-state index in [1.165, 1.54) is 34.9 Å². The van der Waals surface area contributed by atoms with Crippen LogP contribution in [0.5, 0.6) is 0 Å². The van der Waals surface area contributed by atoms with E-state index in [-0.39, 0.29) is 5.82 Å². The van der Waals surface area contributed by atoms with Crippen molar-refractivity contribution >= 4 is 22.9 Å². The van der Waals surface area contributed by atoms with Gasteiger partial charge >= 0.3 is 0 Å². The standard InChI is InChI=1S/C22H22FN3O2/c23-17-4-6-19-16(13-25-21(19)12-17)9-10-24-20-7-3-15-11-14(1-5-18(15)20)2-8-22(27)26-28/h1-2,4-6,8,11-13,20,24-25,28H,3,7,9-10H2,(H,26,27). The average molecular weight is 379 g/mol. The van der Waals surface area contributed by atoms with Crippen molar-refractivity contribution in [3.63, 3.8) is 0 Å². The molecule has 1 atom stereocenters. The maximum absolute atomic E-state index is 13.3. The maximum atomic E-state index is 13.3. The number of nitrogens with one attached hydrogen (secondary N) is 3. The minimum Gasteiger partial charge on any atom is -0.361 e. The Hall–Kier alpha value is -2.96. The molecule has 5 nitrogen and oxygen atoms in total. The minimum atomic E-state index is -0.542. The summed E-state index contributed by atoms with van der Waals surface area (Å²) in [5, 5.41) is 13.2. The van der Waals surface area contributed by atoms with Gasteiger partial charge in [-0.2, -0.15) is 0 Å². The van der Waals surface area contributed by atoms with Crippen molar-refractivity contribution in [1.82, 2.24) is 15.8 Å². The van der Waals surface area contributed by atoms with Gasteiger partial charge in [0.25, 0.3) is 5.91 Å². The van der Waals surface area contributed by atoms with E-state index in [1.54, 1.807) is 11.6 Å². The molecule has 1 aromatic heterocycles. The summed E-state index contributed by atoms with van der Waals surface area (Å²) in [5.41, 5.74) is 7.12. The number of carbonyl (C=O) groups is 1. The predicted octanol–water partition coefficient (Wildman–Crippen LogP) is 3.65. The molecule has 6 heteroatoms. The van der Waals surface area contributed by atoms with E-state index in [4.69, 9.17) is 5.21 Å². The average Bonchev–Trinajstić information content (AvgIpc) is 3.29. The van der Waals surface area contributed by atoms with Crippen LogP contribution in [0.2, 0.25) is 0 Å².